The fourth-order valence-electron chi connectivity index (χ4n) is 2.57. The van der Waals surface area contributed by atoms with Crippen molar-refractivity contribution in [1.82, 2.24) is 0 Å². The number of hydrogen-bond donors (Lipinski definition) is 1. The largest absolute Gasteiger partial charge is 0.378 e. The summed E-state index contributed by atoms with van der Waals surface area (Å²) in [5.41, 5.74) is 3.35. The maximum Gasteiger partial charge on any atom is 0.126 e. The van der Waals surface area contributed by atoms with E-state index in [1.807, 2.05) is 6.07 Å². The molecule has 1 unspecified atom stereocenters. The SMILES string of the molecule is Fc1cc(Cl)cc(NC2CCc3cc(Br)ccc32)c1. The zero-order chi connectivity index (χ0) is 13.4. The van der Waals surface area contributed by atoms with E-state index in [0.717, 1.165) is 23.0 Å². The summed E-state index contributed by atoms with van der Waals surface area (Å²) in [6, 6.07) is 11.1. The molecule has 2 aromatic rings. The molecule has 0 aromatic heterocycles. The van der Waals surface area contributed by atoms with Crippen LogP contribution in [0.25, 0.3) is 0 Å². The molecule has 19 heavy (non-hydrogen) atoms. The summed E-state index contributed by atoms with van der Waals surface area (Å²) < 4.78 is 14.4. The highest BCUT2D eigenvalue weighted by molar-refractivity contribution is 9.10. The maximum absolute atomic E-state index is 13.3. The Bertz CT molecular complexity index is 609. The monoisotopic (exact) mass is 339 g/mol. The molecule has 4 heteroatoms. The van der Waals surface area contributed by atoms with Crippen molar-refractivity contribution in [3.8, 4) is 0 Å². The average molecular weight is 341 g/mol. The summed E-state index contributed by atoms with van der Waals surface area (Å²) >= 11 is 9.35. The normalized spacial score (nSPS) is 17.3. The number of benzene rings is 2. The second-order valence-corrected chi connectivity index (χ2v) is 6.09. The second-order valence-electron chi connectivity index (χ2n) is 4.74. The third kappa shape index (κ3) is 2.77. The van der Waals surface area contributed by atoms with Crippen molar-refractivity contribution >= 4 is 33.2 Å². The zero-order valence-corrected chi connectivity index (χ0v) is 12.4. The Labute approximate surface area is 124 Å². The van der Waals surface area contributed by atoms with E-state index in [-0.39, 0.29) is 11.9 Å². The van der Waals surface area contributed by atoms with Crippen molar-refractivity contribution in [2.75, 3.05) is 5.32 Å². The number of fused-ring (bicyclic) bond motifs is 1. The number of nitrogens with one attached hydrogen (secondary N) is 1. The highest BCUT2D eigenvalue weighted by Crippen LogP contribution is 2.35. The van der Waals surface area contributed by atoms with E-state index < -0.39 is 0 Å². The van der Waals surface area contributed by atoms with Gasteiger partial charge < -0.3 is 5.32 Å². The summed E-state index contributed by atoms with van der Waals surface area (Å²) in [6.45, 7) is 0. The van der Waals surface area contributed by atoms with Crippen molar-refractivity contribution in [1.29, 1.82) is 0 Å². The Morgan fingerprint density at radius 2 is 2.05 bits per heavy atom. The average Bonchev–Trinajstić information content (AvgIpc) is 2.70. The van der Waals surface area contributed by atoms with Crippen LogP contribution in [-0.4, -0.2) is 0 Å². The van der Waals surface area contributed by atoms with Gasteiger partial charge in [-0.3, -0.25) is 0 Å². The van der Waals surface area contributed by atoms with Gasteiger partial charge in [-0.15, -0.1) is 0 Å². The highest BCUT2D eigenvalue weighted by atomic mass is 79.9. The Morgan fingerprint density at radius 1 is 1.21 bits per heavy atom. The third-order valence-corrected chi connectivity index (χ3v) is 4.10. The number of anilines is 1. The van der Waals surface area contributed by atoms with Gasteiger partial charge in [0, 0.05) is 15.2 Å². The molecular formula is C15H12BrClFN. The fourth-order valence-corrected chi connectivity index (χ4v) is 3.20. The lowest BCUT2D eigenvalue weighted by molar-refractivity contribution is 0.627. The van der Waals surface area contributed by atoms with Crippen LogP contribution in [-0.2, 0) is 6.42 Å². The molecule has 3 rings (SSSR count). The topological polar surface area (TPSA) is 12.0 Å². The smallest absolute Gasteiger partial charge is 0.126 e. The van der Waals surface area contributed by atoms with E-state index in [0.29, 0.717) is 5.02 Å². The molecule has 0 aliphatic heterocycles. The molecule has 1 aliphatic rings. The van der Waals surface area contributed by atoms with Gasteiger partial charge in [0.1, 0.15) is 5.82 Å². The first-order valence-corrected chi connectivity index (χ1v) is 7.30. The van der Waals surface area contributed by atoms with Crippen LogP contribution in [0.1, 0.15) is 23.6 Å². The van der Waals surface area contributed by atoms with Gasteiger partial charge in [0.2, 0.25) is 0 Å². The van der Waals surface area contributed by atoms with E-state index in [4.69, 9.17) is 11.6 Å². The quantitative estimate of drug-likeness (QED) is 0.778. The molecule has 1 nitrogen and oxygen atoms in total. The van der Waals surface area contributed by atoms with Gasteiger partial charge >= 0.3 is 0 Å². The standard InChI is InChI=1S/C15H12BrClFN/c16-10-2-3-14-9(5-10)1-4-15(14)19-13-7-11(17)6-12(18)8-13/h2-3,5-8,15,19H,1,4H2. The molecule has 0 spiro atoms. The Balaban J connectivity index is 1.86. The summed E-state index contributed by atoms with van der Waals surface area (Å²) in [7, 11) is 0. The molecule has 2 aromatic carbocycles. The van der Waals surface area contributed by atoms with Crippen LogP contribution in [0.4, 0.5) is 10.1 Å². The fraction of sp³-hybridized carbons (Fsp3) is 0.200. The van der Waals surface area contributed by atoms with Gasteiger partial charge in [0.25, 0.3) is 0 Å². The van der Waals surface area contributed by atoms with Crippen LogP contribution in [0.3, 0.4) is 0 Å². The first-order chi connectivity index (χ1) is 9.11. The molecular weight excluding hydrogens is 329 g/mol. The summed E-state index contributed by atoms with van der Waals surface area (Å²) in [4.78, 5) is 0. The lowest BCUT2D eigenvalue weighted by Crippen LogP contribution is -2.07. The minimum absolute atomic E-state index is 0.223. The lowest BCUT2D eigenvalue weighted by atomic mass is 10.1. The Hall–Kier alpha value is -1.06. The molecule has 0 bridgehead atoms. The maximum atomic E-state index is 13.3. The minimum Gasteiger partial charge on any atom is -0.378 e. The molecule has 98 valence electrons. The highest BCUT2D eigenvalue weighted by Gasteiger charge is 2.22. The summed E-state index contributed by atoms with van der Waals surface area (Å²) in [5.74, 6) is -0.316. The first kappa shape index (κ1) is 12.9. The van der Waals surface area contributed by atoms with E-state index >= 15 is 0 Å². The minimum atomic E-state index is -0.316. The van der Waals surface area contributed by atoms with Crippen molar-refractivity contribution in [3.05, 3.63) is 62.8 Å². The molecule has 1 aliphatic carbocycles. The van der Waals surface area contributed by atoms with Crippen LogP contribution in [0.5, 0.6) is 0 Å². The molecule has 0 radical (unpaired) electrons. The predicted octanol–water partition coefficient (Wildman–Crippen LogP) is 5.34. The zero-order valence-electron chi connectivity index (χ0n) is 10.1. The van der Waals surface area contributed by atoms with Crippen LogP contribution >= 0.6 is 27.5 Å². The van der Waals surface area contributed by atoms with Crippen molar-refractivity contribution in [2.24, 2.45) is 0 Å². The van der Waals surface area contributed by atoms with Gasteiger partial charge in [-0.25, -0.2) is 4.39 Å². The lowest BCUT2D eigenvalue weighted by Gasteiger charge is -2.16. The molecule has 1 atom stereocenters. The second kappa shape index (κ2) is 5.14. The number of hydrogen-bond acceptors (Lipinski definition) is 1. The van der Waals surface area contributed by atoms with E-state index in [9.17, 15) is 4.39 Å². The van der Waals surface area contributed by atoms with Crippen LogP contribution in [0.2, 0.25) is 5.02 Å². The van der Waals surface area contributed by atoms with Crippen molar-refractivity contribution in [2.45, 2.75) is 18.9 Å². The van der Waals surface area contributed by atoms with Gasteiger partial charge in [0.15, 0.2) is 0 Å². The van der Waals surface area contributed by atoms with Crippen LogP contribution in [0, 0.1) is 5.82 Å². The third-order valence-electron chi connectivity index (χ3n) is 3.39. The van der Waals surface area contributed by atoms with Gasteiger partial charge in [-0.1, -0.05) is 33.6 Å². The molecule has 1 N–H and O–H groups in total. The molecule has 0 saturated carbocycles. The number of aryl methyl sites for hydroxylation is 1. The van der Waals surface area contributed by atoms with Gasteiger partial charge in [-0.05, 0) is 54.3 Å². The summed E-state index contributed by atoms with van der Waals surface area (Å²) in [5, 5.41) is 3.77. The molecule has 0 heterocycles. The Kier molecular flexibility index (Phi) is 3.50. The van der Waals surface area contributed by atoms with E-state index in [1.165, 1.54) is 23.3 Å². The summed E-state index contributed by atoms with van der Waals surface area (Å²) in [6.07, 6.45) is 2.05. The van der Waals surface area contributed by atoms with Gasteiger partial charge in [0.05, 0.1) is 6.04 Å². The van der Waals surface area contributed by atoms with Gasteiger partial charge in [-0.2, -0.15) is 0 Å². The van der Waals surface area contributed by atoms with Crippen LogP contribution < -0.4 is 5.32 Å². The molecule has 0 amide bonds. The van der Waals surface area contributed by atoms with E-state index in [1.54, 1.807) is 6.07 Å². The van der Waals surface area contributed by atoms with E-state index in [2.05, 4.69) is 33.4 Å². The van der Waals surface area contributed by atoms with Crippen molar-refractivity contribution < 1.29 is 4.39 Å². The number of rotatable bonds is 2. The predicted molar refractivity (Wildman–Crippen MR) is 80.2 cm³/mol. The van der Waals surface area contributed by atoms with Crippen molar-refractivity contribution in [3.63, 3.8) is 0 Å². The number of halogens is 3. The molecule has 0 fully saturated rings. The molecule has 0 saturated heterocycles. The van der Waals surface area contributed by atoms with Crippen LogP contribution in [0.15, 0.2) is 40.9 Å². The Morgan fingerprint density at radius 3 is 2.84 bits per heavy atom. The first-order valence-electron chi connectivity index (χ1n) is 6.13.